The van der Waals surface area contributed by atoms with E-state index in [0.29, 0.717) is 0 Å². The number of rotatable bonds is 10. The lowest BCUT2D eigenvalue weighted by Gasteiger charge is -2.36. The molecule has 2 heteroatoms. The Morgan fingerprint density at radius 1 is 0.203 bits per heavy atom. The van der Waals surface area contributed by atoms with E-state index in [2.05, 4.69) is 327 Å². The van der Waals surface area contributed by atoms with Crippen LogP contribution < -0.4 is 9.80 Å². The summed E-state index contributed by atoms with van der Waals surface area (Å²) in [5.74, 6) is 0. The van der Waals surface area contributed by atoms with Crippen molar-refractivity contribution in [2.24, 2.45) is 0 Å². The fraction of sp³-hybridized carbons (Fsp3) is 0.0649. The maximum Gasteiger partial charge on any atom is 0.0714 e. The van der Waals surface area contributed by atoms with Gasteiger partial charge in [0.05, 0.1) is 10.8 Å². The molecule has 12 aromatic rings. The molecule has 3 aliphatic rings. The summed E-state index contributed by atoms with van der Waals surface area (Å²) in [6.45, 7) is 4.73. The zero-order valence-corrected chi connectivity index (χ0v) is 44.3. The maximum atomic E-state index is 2.51. The van der Waals surface area contributed by atoms with E-state index in [9.17, 15) is 0 Å². The van der Waals surface area contributed by atoms with Crippen LogP contribution in [-0.4, -0.2) is 0 Å². The minimum absolute atomic E-state index is 0.159. The van der Waals surface area contributed by atoms with Gasteiger partial charge in [0.15, 0.2) is 0 Å². The zero-order valence-electron chi connectivity index (χ0n) is 44.3. The van der Waals surface area contributed by atoms with Crippen LogP contribution in [0.1, 0.15) is 69.5 Å². The zero-order chi connectivity index (χ0) is 52.7. The van der Waals surface area contributed by atoms with Crippen molar-refractivity contribution in [2.45, 2.75) is 30.1 Å². The summed E-state index contributed by atoms with van der Waals surface area (Å²) in [7, 11) is 0. The molecule has 0 saturated heterocycles. The lowest BCUT2D eigenvalue weighted by molar-refractivity contribution is 0.660. The normalized spacial score (nSPS) is 14.3. The maximum absolute atomic E-state index is 2.51. The van der Waals surface area contributed by atoms with Gasteiger partial charge in [0.2, 0.25) is 0 Å². The van der Waals surface area contributed by atoms with E-state index < -0.39 is 10.8 Å². The number of anilines is 6. The van der Waals surface area contributed by atoms with Gasteiger partial charge in [0, 0.05) is 39.5 Å². The topological polar surface area (TPSA) is 6.48 Å². The van der Waals surface area contributed by atoms with E-state index in [-0.39, 0.29) is 5.41 Å². The Bertz CT molecular complexity index is 4210. The standard InChI is InChI=1S/C77H56N2/c1-75(2)69-41-19-15-37-63(69)67-47-45-61(51-73(67)75)78(57-32-13-6-14-33-57)59-35-24-36-60(50-59)79(58-34-23-31-56(49-58)77(55-29-11-5-12-30-55)71-43-21-16-38-64(71)65-39-17-22-44-72(65)77)62-46-48-68-66-40-18-20-42-70(66)76(74(68)52-62,53-25-7-3-8-26-53)54-27-9-4-10-28-54/h3-52H,1-2H3. The van der Waals surface area contributed by atoms with Crippen molar-refractivity contribution in [1.29, 1.82) is 0 Å². The third-order valence-corrected chi connectivity index (χ3v) is 17.6. The van der Waals surface area contributed by atoms with Gasteiger partial charge in [-0.1, -0.05) is 250 Å². The summed E-state index contributed by atoms with van der Waals surface area (Å²) in [6, 6.07) is 113. The molecule has 15 rings (SSSR count). The van der Waals surface area contributed by atoms with Gasteiger partial charge in [-0.05, 0) is 156 Å². The molecular formula is C77H56N2. The van der Waals surface area contributed by atoms with Crippen LogP contribution >= 0.6 is 0 Å². The van der Waals surface area contributed by atoms with Crippen molar-refractivity contribution in [3.8, 4) is 33.4 Å². The van der Waals surface area contributed by atoms with E-state index in [4.69, 9.17) is 0 Å². The van der Waals surface area contributed by atoms with E-state index in [1.54, 1.807) is 0 Å². The average molecular weight is 1010 g/mol. The highest BCUT2D eigenvalue weighted by molar-refractivity contribution is 5.92. The molecule has 0 amide bonds. The molecule has 12 aromatic carbocycles. The Kier molecular flexibility index (Phi) is 10.7. The first kappa shape index (κ1) is 46.5. The van der Waals surface area contributed by atoms with E-state index in [1.165, 1.54) is 89.0 Å². The van der Waals surface area contributed by atoms with Crippen LogP contribution in [0.5, 0.6) is 0 Å². The van der Waals surface area contributed by atoms with Crippen LogP contribution in [0.3, 0.4) is 0 Å². The highest BCUT2D eigenvalue weighted by atomic mass is 15.2. The number of benzene rings is 12. The monoisotopic (exact) mass is 1010 g/mol. The van der Waals surface area contributed by atoms with Crippen LogP contribution in [0.25, 0.3) is 33.4 Å². The summed E-state index contributed by atoms with van der Waals surface area (Å²) >= 11 is 0. The second kappa shape index (κ2) is 18.2. The number of nitrogens with zero attached hydrogens (tertiary/aromatic N) is 2. The fourth-order valence-corrected chi connectivity index (χ4v) is 14.2. The molecule has 374 valence electrons. The summed E-state index contributed by atoms with van der Waals surface area (Å²) < 4.78 is 0. The smallest absolute Gasteiger partial charge is 0.0714 e. The molecule has 0 radical (unpaired) electrons. The number of fused-ring (bicyclic) bond motifs is 9. The first-order valence-electron chi connectivity index (χ1n) is 27.7. The Labute approximate surface area is 463 Å². The van der Waals surface area contributed by atoms with Gasteiger partial charge in [-0.2, -0.15) is 0 Å². The second-order valence-electron chi connectivity index (χ2n) is 21.9. The van der Waals surface area contributed by atoms with E-state index in [0.717, 1.165) is 34.1 Å². The lowest BCUT2D eigenvalue weighted by atomic mass is 9.67. The van der Waals surface area contributed by atoms with Crippen molar-refractivity contribution in [3.63, 3.8) is 0 Å². The van der Waals surface area contributed by atoms with Crippen LogP contribution in [0.4, 0.5) is 34.1 Å². The third-order valence-electron chi connectivity index (χ3n) is 17.6. The third kappa shape index (κ3) is 6.90. The van der Waals surface area contributed by atoms with Gasteiger partial charge < -0.3 is 9.80 Å². The predicted molar refractivity (Wildman–Crippen MR) is 328 cm³/mol. The van der Waals surface area contributed by atoms with Gasteiger partial charge in [0.1, 0.15) is 0 Å². The van der Waals surface area contributed by atoms with Gasteiger partial charge >= 0.3 is 0 Å². The summed E-state index contributed by atoms with van der Waals surface area (Å²) in [5.41, 5.74) is 25.6. The van der Waals surface area contributed by atoms with Crippen LogP contribution in [0, 0.1) is 0 Å². The van der Waals surface area contributed by atoms with Crippen LogP contribution in [0.15, 0.2) is 303 Å². The number of para-hydroxylation sites is 1. The first-order valence-corrected chi connectivity index (χ1v) is 27.7. The molecule has 0 aromatic heterocycles. The Balaban J connectivity index is 0.980. The quantitative estimate of drug-likeness (QED) is 0.135. The van der Waals surface area contributed by atoms with Crippen molar-refractivity contribution in [1.82, 2.24) is 0 Å². The Hall–Kier alpha value is -9.76. The molecule has 0 atom stereocenters. The van der Waals surface area contributed by atoms with Gasteiger partial charge in [-0.15, -0.1) is 0 Å². The summed E-state index contributed by atoms with van der Waals surface area (Å²) in [4.78, 5) is 4.94. The average Bonchev–Trinajstić information content (AvgIpc) is 4.30. The van der Waals surface area contributed by atoms with Crippen LogP contribution in [0.2, 0.25) is 0 Å². The second-order valence-corrected chi connectivity index (χ2v) is 21.9. The molecule has 0 saturated carbocycles. The van der Waals surface area contributed by atoms with Gasteiger partial charge in [-0.3, -0.25) is 0 Å². The van der Waals surface area contributed by atoms with E-state index in [1.807, 2.05) is 0 Å². The molecule has 0 bridgehead atoms. The predicted octanol–water partition coefficient (Wildman–Crippen LogP) is 19.7. The summed E-state index contributed by atoms with van der Waals surface area (Å²) in [6.07, 6.45) is 0. The largest absolute Gasteiger partial charge is 0.310 e. The van der Waals surface area contributed by atoms with Gasteiger partial charge in [-0.25, -0.2) is 0 Å². The SMILES string of the molecule is CC1(C)c2ccccc2-c2ccc(N(c3ccccc3)c3cccc(N(c4cccc(C5(c6ccccc6)c6ccccc6-c6ccccc65)c4)c4ccc5c(c4)C(c4ccccc4)(c4ccccc4)c4ccccc4-5)c3)cc21. The van der Waals surface area contributed by atoms with Crippen molar-refractivity contribution >= 4 is 34.1 Å². The number of hydrogen-bond acceptors (Lipinski definition) is 2. The van der Waals surface area contributed by atoms with Crippen LogP contribution in [-0.2, 0) is 16.2 Å². The highest BCUT2D eigenvalue weighted by Crippen LogP contribution is 2.60. The Morgan fingerprint density at radius 2 is 0.506 bits per heavy atom. The molecule has 0 aliphatic heterocycles. The molecule has 79 heavy (non-hydrogen) atoms. The van der Waals surface area contributed by atoms with Gasteiger partial charge in [0.25, 0.3) is 0 Å². The molecule has 0 fully saturated rings. The molecule has 0 heterocycles. The highest BCUT2D eigenvalue weighted by Gasteiger charge is 2.48. The molecule has 3 aliphatic carbocycles. The van der Waals surface area contributed by atoms with Crippen molar-refractivity contribution in [3.05, 3.63) is 359 Å². The minimum atomic E-state index is -0.585. The lowest BCUT2D eigenvalue weighted by Crippen LogP contribution is -2.29. The van der Waals surface area contributed by atoms with Crippen molar-refractivity contribution in [2.75, 3.05) is 9.80 Å². The fourth-order valence-electron chi connectivity index (χ4n) is 14.2. The summed E-state index contributed by atoms with van der Waals surface area (Å²) in [5, 5.41) is 0. The molecular weight excluding hydrogens is 953 g/mol. The van der Waals surface area contributed by atoms with Crippen molar-refractivity contribution < 1.29 is 0 Å². The minimum Gasteiger partial charge on any atom is -0.310 e. The molecule has 2 nitrogen and oxygen atoms in total. The first-order chi connectivity index (χ1) is 39.0. The molecule has 0 unspecified atom stereocenters. The number of hydrogen-bond donors (Lipinski definition) is 0. The molecule has 0 N–H and O–H groups in total. The van der Waals surface area contributed by atoms with E-state index >= 15 is 0 Å². The Morgan fingerprint density at radius 3 is 1.00 bits per heavy atom. The molecule has 0 spiro atoms.